The number of aliphatic hydroxyl groups is 2. The molecule has 1 atom stereocenters. The zero-order valence-electron chi connectivity index (χ0n) is 13.1. The van der Waals surface area contributed by atoms with Crippen LogP contribution in [0.5, 0.6) is 0 Å². The van der Waals surface area contributed by atoms with Crippen LogP contribution in [-0.4, -0.2) is 60.2 Å². The molecule has 2 aliphatic rings. The number of hydrogen-bond donors (Lipinski definition) is 2. The molecule has 6 nitrogen and oxygen atoms in total. The standard InChI is InChI=1S/C15H25FO6/c1-13(2,16)12(19)22-11-5-3-4-6-15(11)20-9-14(7-17,8-18)10-21-15/h11,17-18H,3-10H2,1-2H3. The van der Waals surface area contributed by atoms with Crippen LogP contribution in [0.1, 0.15) is 39.5 Å². The Morgan fingerprint density at radius 1 is 1.27 bits per heavy atom. The summed E-state index contributed by atoms with van der Waals surface area (Å²) in [5.74, 6) is -2.04. The third kappa shape index (κ3) is 3.42. The highest BCUT2D eigenvalue weighted by molar-refractivity contribution is 5.78. The van der Waals surface area contributed by atoms with E-state index in [0.717, 1.165) is 26.7 Å². The van der Waals surface area contributed by atoms with Crippen molar-refractivity contribution in [3.05, 3.63) is 0 Å². The van der Waals surface area contributed by atoms with Crippen molar-refractivity contribution >= 4 is 5.97 Å². The Morgan fingerprint density at radius 3 is 2.36 bits per heavy atom. The third-order valence-electron chi connectivity index (χ3n) is 4.38. The lowest BCUT2D eigenvalue weighted by Gasteiger charge is -2.49. The fourth-order valence-electron chi connectivity index (χ4n) is 2.70. The number of carbonyl (C=O) groups is 1. The lowest BCUT2D eigenvalue weighted by Crippen LogP contribution is -2.60. The van der Waals surface area contributed by atoms with Crippen molar-refractivity contribution in [2.24, 2.45) is 5.41 Å². The summed E-state index contributed by atoms with van der Waals surface area (Å²) in [4.78, 5) is 11.8. The van der Waals surface area contributed by atoms with Gasteiger partial charge < -0.3 is 24.4 Å². The minimum Gasteiger partial charge on any atom is -0.454 e. The fourth-order valence-corrected chi connectivity index (χ4v) is 2.70. The molecule has 0 amide bonds. The highest BCUT2D eigenvalue weighted by atomic mass is 19.1. The molecule has 1 saturated heterocycles. The second-order valence-corrected chi connectivity index (χ2v) is 6.82. The number of alkyl halides is 1. The first-order valence-electron chi connectivity index (χ1n) is 7.67. The van der Waals surface area contributed by atoms with Crippen LogP contribution in [0.15, 0.2) is 0 Å². The maximum absolute atomic E-state index is 13.7. The molecule has 22 heavy (non-hydrogen) atoms. The van der Waals surface area contributed by atoms with Gasteiger partial charge in [0, 0.05) is 6.42 Å². The van der Waals surface area contributed by atoms with Gasteiger partial charge in [0.1, 0.15) is 0 Å². The Labute approximate surface area is 129 Å². The van der Waals surface area contributed by atoms with Gasteiger partial charge in [0.15, 0.2) is 6.10 Å². The Kier molecular flexibility index (Phi) is 5.11. The SMILES string of the molecule is CC(C)(F)C(=O)OC1CCCCC12OCC(CO)(CO)CO2. The van der Waals surface area contributed by atoms with E-state index < -0.39 is 28.9 Å². The molecule has 0 radical (unpaired) electrons. The van der Waals surface area contributed by atoms with Crippen LogP contribution in [-0.2, 0) is 19.0 Å². The highest BCUT2D eigenvalue weighted by Crippen LogP contribution is 2.41. The second-order valence-electron chi connectivity index (χ2n) is 6.82. The summed E-state index contributed by atoms with van der Waals surface area (Å²) in [6.07, 6.45) is 2.07. The van der Waals surface area contributed by atoms with Crippen molar-refractivity contribution in [3.8, 4) is 0 Å². The molecule has 0 bridgehead atoms. The fraction of sp³-hybridized carbons (Fsp3) is 0.933. The molecule has 2 fully saturated rings. The first-order chi connectivity index (χ1) is 10.3. The number of hydrogen-bond acceptors (Lipinski definition) is 6. The molecule has 0 aromatic rings. The van der Waals surface area contributed by atoms with Crippen molar-refractivity contribution in [2.75, 3.05) is 26.4 Å². The van der Waals surface area contributed by atoms with Crippen LogP contribution >= 0.6 is 0 Å². The average molecular weight is 320 g/mol. The van der Waals surface area contributed by atoms with Crippen molar-refractivity contribution in [2.45, 2.75) is 57.1 Å². The van der Waals surface area contributed by atoms with Gasteiger partial charge in [0.05, 0.1) is 31.8 Å². The second kappa shape index (κ2) is 6.39. The predicted molar refractivity (Wildman–Crippen MR) is 74.8 cm³/mol. The summed E-state index contributed by atoms with van der Waals surface area (Å²) in [5.41, 5.74) is -2.93. The molecule has 128 valence electrons. The van der Waals surface area contributed by atoms with E-state index in [4.69, 9.17) is 14.2 Å². The van der Waals surface area contributed by atoms with Gasteiger partial charge in [0.25, 0.3) is 0 Å². The maximum atomic E-state index is 13.7. The van der Waals surface area contributed by atoms with Gasteiger partial charge in [0.2, 0.25) is 11.5 Å². The Morgan fingerprint density at radius 2 is 1.86 bits per heavy atom. The molecule has 0 aromatic carbocycles. The first-order valence-corrected chi connectivity index (χ1v) is 7.67. The van der Waals surface area contributed by atoms with Crippen LogP contribution in [0.3, 0.4) is 0 Å². The first kappa shape index (κ1) is 17.6. The number of halogens is 1. The van der Waals surface area contributed by atoms with Gasteiger partial charge >= 0.3 is 5.97 Å². The van der Waals surface area contributed by atoms with Crippen LogP contribution in [0, 0.1) is 5.41 Å². The number of esters is 1. The van der Waals surface area contributed by atoms with Crippen molar-refractivity contribution < 1.29 is 33.6 Å². The van der Waals surface area contributed by atoms with Crippen molar-refractivity contribution in [1.82, 2.24) is 0 Å². The number of carbonyl (C=O) groups excluding carboxylic acids is 1. The monoisotopic (exact) mass is 320 g/mol. The summed E-state index contributed by atoms with van der Waals surface area (Å²) < 4.78 is 30.6. The number of aliphatic hydroxyl groups excluding tert-OH is 2. The molecule has 1 spiro atoms. The predicted octanol–water partition coefficient (Wildman–Crippen LogP) is 0.934. The van der Waals surface area contributed by atoms with E-state index in [0.29, 0.717) is 12.8 Å². The van der Waals surface area contributed by atoms with E-state index in [1.54, 1.807) is 0 Å². The molecule has 1 heterocycles. The molecule has 7 heteroatoms. The maximum Gasteiger partial charge on any atom is 0.343 e. The normalized spacial score (nSPS) is 27.6. The Bertz CT molecular complexity index is 391. The summed E-state index contributed by atoms with van der Waals surface area (Å²) in [6.45, 7) is 1.98. The summed E-state index contributed by atoms with van der Waals surface area (Å²) in [6, 6.07) is 0. The van der Waals surface area contributed by atoms with E-state index >= 15 is 0 Å². The van der Waals surface area contributed by atoms with E-state index in [9.17, 15) is 19.4 Å². The lowest BCUT2D eigenvalue weighted by atomic mass is 9.86. The minimum absolute atomic E-state index is 0.104. The number of ether oxygens (including phenoxy) is 3. The largest absolute Gasteiger partial charge is 0.454 e. The summed E-state index contributed by atoms with van der Waals surface area (Å²) in [7, 11) is 0. The van der Waals surface area contributed by atoms with E-state index in [1.165, 1.54) is 0 Å². The smallest absolute Gasteiger partial charge is 0.343 e. The van der Waals surface area contributed by atoms with Crippen LogP contribution < -0.4 is 0 Å². The Balaban J connectivity index is 2.09. The molecule has 1 saturated carbocycles. The highest BCUT2D eigenvalue weighted by Gasteiger charge is 2.52. The van der Waals surface area contributed by atoms with Crippen LogP contribution in [0.4, 0.5) is 4.39 Å². The van der Waals surface area contributed by atoms with E-state index in [2.05, 4.69) is 0 Å². The minimum atomic E-state index is -2.08. The number of rotatable bonds is 4. The third-order valence-corrected chi connectivity index (χ3v) is 4.38. The Hall–Kier alpha value is -0.760. The lowest BCUT2D eigenvalue weighted by molar-refractivity contribution is -0.354. The van der Waals surface area contributed by atoms with E-state index in [1.807, 2.05) is 0 Å². The molecule has 1 aliphatic heterocycles. The van der Waals surface area contributed by atoms with Gasteiger partial charge in [-0.25, -0.2) is 9.18 Å². The molecule has 2 rings (SSSR count). The molecule has 2 N–H and O–H groups in total. The topological polar surface area (TPSA) is 85.2 Å². The van der Waals surface area contributed by atoms with Gasteiger partial charge in [-0.2, -0.15) is 0 Å². The molecular formula is C15H25FO6. The van der Waals surface area contributed by atoms with Gasteiger partial charge in [-0.15, -0.1) is 0 Å². The average Bonchev–Trinajstić information content (AvgIpc) is 2.50. The van der Waals surface area contributed by atoms with Crippen molar-refractivity contribution in [3.63, 3.8) is 0 Å². The molecular weight excluding hydrogens is 295 g/mol. The van der Waals surface area contributed by atoms with Crippen molar-refractivity contribution in [1.29, 1.82) is 0 Å². The molecule has 1 unspecified atom stereocenters. The molecule has 1 aliphatic carbocycles. The molecule has 0 aromatic heterocycles. The van der Waals surface area contributed by atoms with E-state index in [-0.39, 0.29) is 26.4 Å². The summed E-state index contributed by atoms with van der Waals surface area (Å²) >= 11 is 0. The zero-order chi connectivity index (χ0) is 16.4. The van der Waals surface area contributed by atoms with Crippen LogP contribution in [0.2, 0.25) is 0 Å². The van der Waals surface area contributed by atoms with Gasteiger partial charge in [-0.3, -0.25) is 0 Å². The summed E-state index contributed by atoms with van der Waals surface area (Å²) in [5, 5.41) is 18.8. The zero-order valence-corrected chi connectivity index (χ0v) is 13.1. The van der Waals surface area contributed by atoms with Gasteiger partial charge in [-0.1, -0.05) is 0 Å². The van der Waals surface area contributed by atoms with Crippen LogP contribution in [0.25, 0.3) is 0 Å². The quantitative estimate of drug-likeness (QED) is 0.750. The van der Waals surface area contributed by atoms with Gasteiger partial charge in [-0.05, 0) is 33.1 Å².